The van der Waals surface area contributed by atoms with Crippen molar-refractivity contribution in [3.63, 3.8) is 0 Å². The van der Waals surface area contributed by atoms with Crippen LogP contribution in [0, 0.1) is 5.92 Å². The number of nitrogens with two attached hydrogens (primary N) is 2. The van der Waals surface area contributed by atoms with E-state index in [-0.39, 0.29) is 42.9 Å². The van der Waals surface area contributed by atoms with Gasteiger partial charge in [-0.15, -0.1) is 0 Å². The number of fused-ring (bicyclic) bond motifs is 1. The van der Waals surface area contributed by atoms with Crippen molar-refractivity contribution in [2.24, 2.45) is 17.4 Å². The Morgan fingerprint density at radius 3 is 2.07 bits per heavy atom. The Labute approximate surface area is 252 Å². The molecule has 4 rings (SSSR count). The molecule has 43 heavy (non-hydrogen) atoms. The molecule has 0 radical (unpaired) electrons. The lowest BCUT2D eigenvalue weighted by molar-refractivity contribution is -0.143. The topological polar surface area (TPSA) is 165 Å². The Balaban J connectivity index is 1.51. The fraction of sp³-hybridized carbons (Fsp3) is 0.485. The van der Waals surface area contributed by atoms with Crippen LogP contribution in [0.5, 0.6) is 0 Å². The van der Waals surface area contributed by atoms with Crippen LogP contribution in [0.4, 0.5) is 0 Å². The van der Waals surface area contributed by atoms with Gasteiger partial charge in [-0.05, 0) is 56.1 Å². The zero-order valence-electron chi connectivity index (χ0n) is 24.7. The number of carbonyl (C=O) groups is 5. The summed E-state index contributed by atoms with van der Waals surface area (Å²) in [5.74, 6) is -1.98. The van der Waals surface area contributed by atoms with Crippen molar-refractivity contribution >= 4 is 29.4 Å². The van der Waals surface area contributed by atoms with Crippen molar-refractivity contribution in [1.82, 2.24) is 15.5 Å². The van der Waals surface area contributed by atoms with Gasteiger partial charge in [0.05, 0.1) is 12.1 Å². The molecule has 2 aromatic rings. The first kappa shape index (κ1) is 31.9. The van der Waals surface area contributed by atoms with Crippen molar-refractivity contribution in [2.45, 2.75) is 94.9 Å². The van der Waals surface area contributed by atoms with Gasteiger partial charge >= 0.3 is 0 Å². The maximum Gasteiger partial charge on any atom is 0.243 e. The van der Waals surface area contributed by atoms with Crippen LogP contribution in [0.1, 0.15) is 81.9 Å². The van der Waals surface area contributed by atoms with Crippen LogP contribution in [-0.4, -0.2) is 58.5 Å². The van der Waals surface area contributed by atoms with Crippen LogP contribution >= 0.6 is 0 Å². The van der Waals surface area contributed by atoms with Gasteiger partial charge in [0.2, 0.25) is 23.6 Å². The predicted molar refractivity (Wildman–Crippen MR) is 162 cm³/mol. The molecule has 2 heterocycles. The molecule has 2 aliphatic heterocycles. The number of Topliss-reactive ketones (excluding diaryl/α,β-unsaturated/α-hetero) is 1. The summed E-state index contributed by atoms with van der Waals surface area (Å²) in [7, 11) is 0. The van der Waals surface area contributed by atoms with Crippen LogP contribution in [0.2, 0.25) is 0 Å². The minimum Gasteiger partial charge on any atom is -0.370 e. The standard InChI is InChI=1S/C33H43N5O5/c1-2-9-28(39)23-14-15-24-16-18-27(38(24)33(43)25(34)20-23)32(42)36-26(17-19-29(35)40)31(41)37-30(21-10-5-3-6-11-21)22-12-7-4-8-13-22/h3-8,10-13,23-27,30H,2,9,14-20,34H2,1H3,(H2,35,40)(H,36,42)(H,37,41)/t23?,24-,25-,26-,27-/m0/s1. The number of rotatable bonds is 12. The molecule has 10 nitrogen and oxygen atoms in total. The van der Waals surface area contributed by atoms with E-state index in [9.17, 15) is 24.0 Å². The SMILES string of the molecule is CCCC(=O)C1CC[C@H]2CC[C@@H](C(=O)N[C@@H](CCC(N)=O)C(=O)NC(c3ccccc3)c3ccccc3)N2C(=O)[C@@H](N)C1. The molecule has 5 atom stereocenters. The van der Waals surface area contributed by atoms with E-state index in [0.29, 0.717) is 32.1 Å². The number of amides is 4. The highest BCUT2D eigenvalue weighted by Crippen LogP contribution is 2.33. The molecule has 2 aliphatic rings. The van der Waals surface area contributed by atoms with Gasteiger partial charge in [-0.3, -0.25) is 24.0 Å². The molecule has 0 spiro atoms. The highest BCUT2D eigenvalue weighted by molar-refractivity contribution is 5.94. The second kappa shape index (κ2) is 14.9. The fourth-order valence-corrected chi connectivity index (χ4v) is 6.33. The third-order valence-electron chi connectivity index (χ3n) is 8.58. The van der Waals surface area contributed by atoms with E-state index in [1.165, 1.54) is 0 Å². The largest absolute Gasteiger partial charge is 0.370 e. The maximum atomic E-state index is 13.7. The fourth-order valence-electron chi connectivity index (χ4n) is 6.33. The van der Waals surface area contributed by atoms with Gasteiger partial charge in [-0.25, -0.2) is 0 Å². The number of nitrogens with zero attached hydrogens (tertiary/aromatic N) is 1. The van der Waals surface area contributed by atoms with Gasteiger partial charge in [-0.2, -0.15) is 0 Å². The minimum atomic E-state index is -1.05. The molecule has 0 aliphatic carbocycles. The molecule has 2 aromatic carbocycles. The average Bonchev–Trinajstić information content (AvgIpc) is 3.43. The molecular formula is C33H43N5O5. The third kappa shape index (κ3) is 8.07. The van der Waals surface area contributed by atoms with E-state index in [1.807, 2.05) is 67.6 Å². The van der Waals surface area contributed by atoms with Gasteiger partial charge in [0.15, 0.2) is 0 Å². The van der Waals surface area contributed by atoms with Crippen molar-refractivity contribution in [3.05, 3.63) is 71.8 Å². The Kier molecular flexibility index (Phi) is 11.1. The number of ketones is 1. The summed E-state index contributed by atoms with van der Waals surface area (Å²) in [4.78, 5) is 66.7. The van der Waals surface area contributed by atoms with Crippen molar-refractivity contribution in [3.8, 4) is 0 Å². The van der Waals surface area contributed by atoms with E-state index in [2.05, 4.69) is 10.6 Å². The highest BCUT2D eigenvalue weighted by atomic mass is 16.2. The van der Waals surface area contributed by atoms with Gasteiger partial charge in [0.25, 0.3) is 0 Å². The van der Waals surface area contributed by atoms with Gasteiger partial charge in [0.1, 0.15) is 17.9 Å². The van der Waals surface area contributed by atoms with Crippen LogP contribution in [-0.2, 0) is 24.0 Å². The summed E-state index contributed by atoms with van der Waals surface area (Å²) in [5.41, 5.74) is 13.4. The molecule has 2 fully saturated rings. The maximum absolute atomic E-state index is 13.7. The molecule has 0 bridgehead atoms. The van der Waals surface area contributed by atoms with E-state index in [4.69, 9.17) is 11.5 Å². The number of benzene rings is 2. The number of hydrogen-bond acceptors (Lipinski definition) is 6. The summed E-state index contributed by atoms with van der Waals surface area (Å²) in [6.45, 7) is 1.95. The molecule has 2 saturated heterocycles. The number of nitrogens with one attached hydrogen (secondary N) is 2. The molecular weight excluding hydrogens is 546 g/mol. The molecule has 4 amide bonds. The molecule has 10 heteroatoms. The Morgan fingerprint density at radius 1 is 0.884 bits per heavy atom. The van der Waals surface area contributed by atoms with Crippen LogP contribution < -0.4 is 22.1 Å². The first-order chi connectivity index (χ1) is 20.7. The number of primary amides is 1. The summed E-state index contributed by atoms with van der Waals surface area (Å²) in [6.07, 6.45) is 3.65. The number of hydrogen-bond donors (Lipinski definition) is 4. The minimum absolute atomic E-state index is 0.00797. The Bertz CT molecular complexity index is 1250. The first-order valence-corrected chi connectivity index (χ1v) is 15.3. The summed E-state index contributed by atoms with van der Waals surface area (Å²) < 4.78 is 0. The van der Waals surface area contributed by atoms with E-state index in [1.54, 1.807) is 4.90 Å². The van der Waals surface area contributed by atoms with Crippen molar-refractivity contribution in [2.75, 3.05) is 0 Å². The zero-order valence-corrected chi connectivity index (χ0v) is 24.7. The molecule has 230 valence electrons. The van der Waals surface area contributed by atoms with Crippen molar-refractivity contribution in [1.29, 1.82) is 0 Å². The lowest BCUT2D eigenvalue weighted by Crippen LogP contribution is -2.58. The third-order valence-corrected chi connectivity index (χ3v) is 8.58. The predicted octanol–water partition coefficient (Wildman–Crippen LogP) is 2.50. The second-order valence-electron chi connectivity index (χ2n) is 11.7. The average molecular weight is 590 g/mol. The van der Waals surface area contributed by atoms with Gasteiger partial charge in [0, 0.05) is 24.8 Å². The quantitative estimate of drug-likeness (QED) is 0.297. The smallest absolute Gasteiger partial charge is 0.243 e. The van der Waals surface area contributed by atoms with Crippen LogP contribution in [0.15, 0.2) is 60.7 Å². The number of carbonyl (C=O) groups excluding carboxylic acids is 5. The van der Waals surface area contributed by atoms with E-state index < -0.39 is 41.9 Å². The Hall–Kier alpha value is -4.05. The lowest BCUT2D eigenvalue weighted by atomic mass is 9.85. The molecule has 0 saturated carbocycles. The molecule has 6 N–H and O–H groups in total. The molecule has 1 unspecified atom stereocenters. The van der Waals surface area contributed by atoms with E-state index in [0.717, 1.165) is 17.5 Å². The zero-order chi connectivity index (χ0) is 30.9. The van der Waals surface area contributed by atoms with Crippen LogP contribution in [0.3, 0.4) is 0 Å². The molecule has 0 aromatic heterocycles. The first-order valence-electron chi connectivity index (χ1n) is 15.3. The van der Waals surface area contributed by atoms with Crippen LogP contribution in [0.25, 0.3) is 0 Å². The Morgan fingerprint density at radius 2 is 1.49 bits per heavy atom. The highest BCUT2D eigenvalue weighted by Gasteiger charge is 2.45. The summed E-state index contributed by atoms with van der Waals surface area (Å²) >= 11 is 0. The lowest BCUT2D eigenvalue weighted by Gasteiger charge is -2.36. The summed E-state index contributed by atoms with van der Waals surface area (Å²) in [6, 6.07) is 15.5. The monoisotopic (exact) mass is 589 g/mol. The van der Waals surface area contributed by atoms with E-state index >= 15 is 0 Å². The second-order valence-corrected chi connectivity index (χ2v) is 11.7. The van der Waals surface area contributed by atoms with Gasteiger partial charge in [-0.1, -0.05) is 67.6 Å². The van der Waals surface area contributed by atoms with Gasteiger partial charge < -0.3 is 27.0 Å². The van der Waals surface area contributed by atoms with Crippen molar-refractivity contribution < 1.29 is 24.0 Å². The normalized spacial score (nSPS) is 22.7. The summed E-state index contributed by atoms with van der Waals surface area (Å²) in [5, 5.41) is 5.87.